The Bertz CT molecular complexity index is 354. The van der Waals surface area contributed by atoms with Crippen molar-refractivity contribution in [2.45, 2.75) is 45.6 Å². The number of hydrogen-bond donors (Lipinski definition) is 1. The second-order valence-electron chi connectivity index (χ2n) is 4.51. The molecule has 0 aliphatic rings. The molecule has 1 aromatic rings. The first-order chi connectivity index (χ1) is 8.10. The number of rotatable bonds is 6. The van der Waals surface area contributed by atoms with Crippen LogP contribution in [0.1, 0.15) is 51.1 Å². The molecule has 0 aliphatic heterocycles. The summed E-state index contributed by atoms with van der Waals surface area (Å²) in [6.45, 7) is 4.35. The molecular weight excluding hydrogens is 281 g/mol. The summed E-state index contributed by atoms with van der Waals surface area (Å²) in [5.41, 5.74) is 7.28. The minimum absolute atomic E-state index is 0.00319. The molecule has 3 heteroatoms. The highest BCUT2D eigenvalue weighted by molar-refractivity contribution is 9.10. The largest absolute Gasteiger partial charge is 0.324 e. The van der Waals surface area contributed by atoms with Gasteiger partial charge in [-0.1, -0.05) is 39.2 Å². The monoisotopic (exact) mass is 301 g/mol. The zero-order valence-electron chi connectivity index (χ0n) is 10.5. The van der Waals surface area contributed by atoms with Crippen LogP contribution in [0.5, 0.6) is 0 Å². The highest BCUT2D eigenvalue weighted by atomic mass is 79.9. The molecule has 96 valence electrons. The molecule has 0 saturated carbocycles. The molecule has 1 nitrogen and oxygen atoms in total. The van der Waals surface area contributed by atoms with Gasteiger partial charge in [0.15, 0.2) is 0 Å². The fourth-order valence-corrected chi connectivity index (χ4v) is 2.49. The van der Waals surface area contributed by atoms with Gasteiger partial charge in [0.1, 0.15) is 5.82 Å². The SMILES string of the molecule is CCCCC(CC)C(N)c1ccc(F)c(Br)c1. The molecule has 0 saturated heterocycles. The van der Waals surface area contributed by atoms with E-state index in [9.17, 15) is 4.39 Å². The number of hydrogen-bond acceptors (Lipinski definition) is 1. The van der Waals surface area contributed by atoms with Crippen LogP contribution in [0, 0.1) is 11.7 Å². The van der Waals surface area contributed by atoms with E-state index in [4.69, 9.17) is 5.73 Å². The maximum atomic E-state index is 13.2. The van der Waals surface area contributed by atoms with E-state index in [-0.39, 0.29) is 11.9 Å². The van der Waals surface area contributed by atoms with E-state index in [0.717, 1.165) is 18.4 Å². The predicted octanol–water partition coefficient (Wildman–Crippen LogP) is 4.80. The van der Waals surface area contributed by atoms with E-state index in [1.54, 1.807) is 12.1 Å². The highest BCUT2D eigenvalue weighted by Crippen LogP contribution is 2.29. The summed E-state index contributed by atoms with van der Waals surface area (Å²) in [6, 6.07) is 5.07. The van der Waals surface area contributed by atoms with Gasteiger partial charge in [-0.05, 0) is 46.0 Å². The lowest BCUT2D eigenvalue weighted by atomic mass is 9.87. The van der Waals surface area contributed by atoms with Crippen LogP contribution in [0.4, 0.5) is 4.39 Å². The molecule has 0 fully saturated rings. The Hall–Kier alpha value is -0.410. The van der Waals surface area contributed by atoms with Gasteiger partial charge in [-0.3, -0.25) is 0 Å². The molecule has 0 aromatic heterocycles. The Morgan fingerprint density at radius 1 is 1.35 bits per heavy atom. The molecule has 0 spiro atoms. The zero-order chi connectivity index (χ0) is 12.8. The van der Waals surface area contributed by atoms with E-state index in [1.807, 2.05) is 0 Å². The van der Waals surface area contributed by atoms with Gasteiger partial charge in [0, 0.05) is 6.04 Å². The number of unbranched alkanes of at least 4 members (excludes halogenated alkanes) is 1. The number of benzene rings is 1. The van der Waals surface area contributed by atoms with Crippen molar-refractivity contribution in [1.29, 1.82) is 0 Å². The molecule has 1 rings (SSSR count). The third kappa shape index (κ3) is 4.07. The van der Waals surface area contributed by atoms with E-state index < -0.39 is 0 Å². The maximum Gasteiger partial charge on any atom is 0.137 e. The molecule has 0 bridgehead atoms. The van der Waals surface area contributed by atoms with Crippen LogP contribution in [0.3, 0.4) is 0 Å². The number of halogens is 2. The van der Waals surface area contributed by atoms with Crippen molar-refractivity contribution in [3.8, 4) is 0 Å². The van der Waals surface area contributed by atoms with Gasteiger partial charge in [0.05, 0.1) is 4.47 Å². The summed E-state index contributed by atoms with van der Waals surface area (Å²) in [7, 11) is 0. The van der Waals surface area contributed by atoms with Gasteiger partial charge in [0.25, 0.3) is 0 Å². The minimum Gasteiger partial charge on any atom is -0.324 e. The maximum absolute atomic E-state index is 13.2. The Morgan fingerprint density at radius 2 is 2.06 bits per heavy atom. The lowest BCUT2D eigenvalue weighted by Gasteiger charge is -2.23. The summed E-state index contributed by atoms with van der Waals surface area (Å²) < 4.78 is 13.7. The summed E-state index contributed by atoms with van der Waals surface area (Å²) in [5, 5.41) is 0. The van der Waals surface area contributed by atoms with Gasteiger partial charge in [0.2, 0.25) is 0 Å². The van der Waals surface area contributed by atoms with Crippen LogP contribution in [0.25, 0.3) is 0 Å². The van der Waals surface area contributed by atoms with Crippen molar-refractivity contribution in [3.05, 3.63) is 34.1 Å². The van der Waals surface area contributed by atoms with Crippen LogP contribution in [0.2, 0.25) is 0 Å². The van der Waals surface area contributed by atoms with Gasteiger partial charge in [-0.15, -0.1) is 0 Å². The van der Waals surface area contributed by atoms with Gasteiger partial charge < -0.3 is 5.73 Å². The van der Waals surface area contributed by atoms with E-state index in [0.29, 0.717) is 10.4 Å². The Labute approximate surface area is 112 Å². The average Bonchev–Trinajstić information content (AvgIpc) is 2.33. The standard InChI is InChI=1S/C14H21BrFN/c1-3-5-6-10(4-2)14(17)11-7-8-13(16)12(15)9-11/h7-10,14H,3-6,17H2,1-2H3. The van der Waals surface area contributed by atoms with Gasteiger partial charge in [-0.2, -0.15) is 0 Å². The van der Waals surface area contributed by atoms with E-state index in [1.165, 1.54) is 18.9 Å². The van der Waals surface area contributed by atoms with Crippen molar-refractivity contribution < 1.29 is 4.39 Å². The van der Waals surface area contributed by atoms with E-state index >= 15 is 0 Å². The summed E-state index contributed by atoms with van der Waals surface area (Å²) in [5.74, 6) is 0.245. The predicted molar refractivity (Wildman–Crippen MR) is 74.3 cm³/mol. The minimum atomic E-state index is -0.234. The third-order valence-electron chi connectivity index (χ3n) is 3.29. The van der Waals surface area contributed by atoms with Gasteiger partial charge >= 0.3 is 0 Å². The molecule has 2 atom stereocenters. The molecule has 17 heavy (non-hydrogen) atoms. The lowest BCUT2D eigenvalue weighted by molar-refractivity contribution is 0.378. The van der Waals surface area contributed by atoms with Crippen molar-refractivity contribution >= 4 is 15.9 Å². The lowest BCUT2D eigenvalue weighted by Crippen LogP contribution is -2.21. The molecule has 0 aliphatic carbocycles. The normalized spacial score (nSPS) is 14.6. The summed E-state index contributed by atoms with van der Waals surface area (Å²) >= 11 is 3.21. The van der Waals surface area contributed by atoms with Crippen LogP contribution >= 0.6 is 15.9 Å². The Kier molecular flexibility index (Phi) is 6.14. The molecule has 1 aromatic carbocycles. The molecule has 0 radical (unpaired) electrons. The van der Waals surface area contributed by atoms with Crippen LogP contribution in [-0.2, 0) is 0 Å². The second-order valence-corrected chi connectivity index (χ2v) is 5.36. The molecule has 0 heterocycles. The van der Waals surface area contributed by atoms with Crippen molar-refractivity contribution in [2.24, 2.45) is 11.7 Å². The van der Waals surface area contributed by atoms with Crippen LogP contribution in [-0.4, -0.2) is 0 Å². The molecule has 2 unspecified atom stereocenters. The van der Waals surface area contributed by atoms with Crippen molar-refractivity contribution in [3.63, 3.8) is 0 Å². The summed E-state index contributed by atoms with van der Waals surface area (Å²) in [6.07, 6.45) is 4.60. The highest BCUT2D eigenvalue weighted by Gasteiger charge is 2.18. The smallest absolute Gasteiger partial charge is 0.137 e. The fourth-order valence-electron chi connectivity index (χ4n) is 2.10. The quantitative estimate of drug-likeness (QED) is 0.802. The molecule has 0 amide bonds. The van der Waals surface area contributed by atoms with E-state index in [2.05, 4.69) is 29.8 Å². The van der Waals surface area contributed by atoms with Crippen molar-refractivity contribution in [1.82, 2.24) is 0 Å². The Balaban J connectivity index is 2.78. The first-order valence-corrected chi connectivity index (χ1v) is 7.10. The van der Waals surface area contributed by atoms with Gasteiger partial charge in [-0.25, -0.2) is 4.39 Å². The van der Waals surface area contributed by atoms with Crippen molar-refractivity contribution in [2.75, 3.05) is 0 Å². The third-order valence-corrected chi connectivity index (χ3v) is 3.90. The average molecular weight is 302 g/mol. The molecular formula is C14H21BrFN. The van der Waals surface area contributed by atoms with Crippen LogP contribution < -0.4 is 5.73 Å². The number of nitrogens with two attached hydrogens (primary N) is 1. The fraction of sp³-hybridized carbons (Fsp3) is 0.571. The first-order valence-electron chi connectivity index (χ1n) is 6.30. The summed E-state index contributed by atoms with van der Waals surface area (Å²) in [4.78, 5) is 0. The topological polar surface area (TPSA) is 26.0 Å². The zero-order valence-corrected chi connectivity index (χ0v) is 12.1. The second kappa shape index (κ2) is 7.12. The first kappa shape index (κ1) is 14.7. The molecule has 2 N–H and O–H groups in total. The Morgan fingerprint density at radius 3 is 2.59 bits per heavy atom. The van der Waals surface area contributed by atoms with Crippen LogP contribution in [0.15, 0.2) is 22.7 Å².